The average molecular weight is 344 g/mol. The van der Waals surface area contributed by atoms with E-state index in [9.17, 15) is 14.0 Å². The molecular formula is C19H21FN2O3. The maximum Gasteiger partial charge on any atom is 0.227 e. The van der Waals surface area contributed by atoms with Gasteiger partial charge in [-0.3, -0.25) is 9.59 Å². The highest BCUT2D eigenvalue weighted by Crippen LogP contribution is 2.21. The van der Waals surface area contributed by atoms with Crippen LogP contribution in [0.4, 0.5) is 15.8 Å². The van der Waals surface area contributed by atoms with Crippen molar-refractivity contribution < 1.29 is 18.7 Å². The highest BCUT2D eigenvalue weighted by atomic mass is 19.1. The summed E-state index contributed by atoms with van der Waals surface area (Å²) in [7, 11) is 0. The first kappa shape index (κ1) is 18.4. The lowest BCUT2D eigenvalue weighted by atomic mass is 10.1. The zero-order valence-corrected chi connectivity index (χ0v) is 14.5. The Kier molecular flexibility index (Phi) is 6.11. The van der Waals surface area contributed by atoms with E-state index in [0.717, 1.165) is 16.9 Å². The van der Waals surface area contributed by atoms with Crippen molar-refractivity contribution in [3.05, 3.63) is 53.3 Å². The number of hydrogen-bond acceptors (Lipinski definition) is 3. The highest BCUT2D eigenvalue weighted by molar-refractivity contribution is 5.93. The molecule has 132 valence electrons. The van der Waals surface area contributed by atoms with Crippen molar-refractivity contribution in [3.63, 3.8) is 0 Å². The molecule has 5 nitrogen and oxygen atoms in total. The molecule has 6 heteroatoms. The number of hydrogen-bond donors (Lipinski definition) is 2. The van der Waals surface area contributed by atoms with Gasteiger partial charge in [-0.15, -0.1) is 0 Å². The van der Waals surface area contributed by atoms with Gasteiger partial charge in [-0.2, -0.15) is 0 Å². The summed E-state index contributed by atoms with van der Waals surface area (Å²) in [4.78, 5) is 23.0. The minimum absolute atomic E-state index is 0.0248. The van der Waals surface area contributed by atoms with E-state index in [1.165, 1.54) is 25.1 Å². The molecule has 2 N–H and O–H groups in total. The third-order valence-corrected chi connectivity index (χ3v) is 3.48. The molecule has 0 saturated carbocycles. The quantitative estimate of drug-likeness (QED) is 0.837. The van der Waals surface area contributed by atoms with E-state index in [2.05, 4.69) is 10.6 Å². The number of carbonyl (C=O) groups excluding carboxylic acids is 2. The van der Waals surface area contributed by atoms with Gasteiger partial charge in [0, 0.05) is 12.6 Å². The maximum absolute atomic E-state index is 13.6. The molecule has 0 atom stereocenters. The van der Waals surface area contributed by atoms with E-state index in [0.29, 0.717) is 5.69 Å². The molecular weight excluding hydrogens is 323 g/mol. The fourth-order valence-corrected chi connectivity index (χ4v) is 2.33. The maximum atomic E-state index is 13.6. The molecule has 25 heavy (non-hydrogen) atoms. The summed E-state index contributed by atoms with van der Waals surface area (Å²) in [6.07, 6.45) is 0.153. The van der Waals surface area contributed by atoms with Gasteiger partial charge in [0.1, 0.15) is 11.6 Å². The molecule has 0 aliphatic carbocycles. The molecule has 2 aromatic carbocycles. The third kappa shape index (κ3) is 5.60. The molecule has 0 spiro atoms. The first-order chi connectivity index (χ1) is 11.8. The molecule has 0 aromatic heterocycles. The SMILES string of the molecule is CC(=O)Nc1cc(NC(=O)CCOc2ccc(C)cc2C)ccc1F. The van der Waals surface area contributed by atoms with E-state index >= 15 is 0 Å². The van der Waals surface area contributed by atoms with Crippen molar-refractivity contribution in [1.29, 1.82) is 0 Å². The Morgan fingerprint density at radius 2 is 1.84 bits per heavy atom. The Labute approximate surface area is 146 Å². The third-order valence-electron chi connectivity index (χ3n) is 3.48. The highest BCUT2D eigenvalue weighted by Gasteiger charge is 2.08. The molecule has 2 rings (SSSR count). The van der Waals surface area contributed by atoms with Crippen molar-refractivity contribution >= 4 is 23.2 Å². The Morgan fingerprint density at radius 1 is 1.08 bits per heavy atom. The molecule has 0 aliphatic heterocycles. The summed E-state index contributed by atoms with van der Waals surface area (Å²) in [6.45, 7) is 5.47. The van der Waals surface area contributed by atoms with Crippen molar-refractivity contribution in [2.45, 2.75) is 27.2 Å². The second kappa shape index (κ2) is 8.28. The molecule has 0 unspecified atom stereocenters. The van der Waals surface area contributed by atoms with Crippen LogP contribution in [-0.4, -0.2) is 18.4 Å². The van der Waals surface area contributed by atoms with Crippen LogP contribution in [0.3, 0.4) is 0 Å². The van der Waals surface area contributed by atoms with Crippen molar-refractivity contribution in [2.24, 2.45) is 0 Å². The second-order valence-electron chi connectivity index (χ2n) is 5.79. The average Bonchev–Trinajstić information content (AvgIpc) is 2.52. The minimum Gasteiger partial charge on any atom is -0.493 e. The number of aryl methyl sites for hydroxylation is 2. The van der Waals surface area contributed by atoms with Crippen LogP contribution in [0.1, 0.15) is 24.5 Å². The van der Waals surface area contributed by atoms with Gasteiger partial charge in [-0.05, 0) is 43.7 Å². The lowest BCUT2D eigenvalue weighted by Crippen LogP contribution is -2.16. The number of nitrogens with one attached hydrogen (secondary N) is 2. The van der Waals surface area contributed by atoms with E-state index in [-0.39, 0.29) is 30.5 Å². The molecule has 0 radical (unpaired) electrons. The van der Waals surface area contributed by atoms with Crippen molar-refractivity contribution in [3.8, 4) is 5.75 Å². The summed E-state index contributed by atoms with van der Waals surface area (Å²) in [6, 6.07) is 9.83. The number of anilines is 2. The van der Waals surface area contributed by atoms with Crippen LogP contribution in [0.25, 0.3) is 0 Å². The number of benzene rings is 2. The zero-order chi connectivity index (χ0) is 18.4. The molecule has 0 bridgehead atoms. The Balaban J connectivity index is 1.88. The van der Waals surface area contributed by atoms with Crippen molar-refractivity contribution in [1.82, 2.24) is 0 Å². The van der Waals surface area contributed by atoms with E-state index in [1.807, 2.05) is 32.0 Å². The molecule has 0 heterocycles. The van der Waals surface area contributed by atoms with Gasteiger partial charge in [0.15, 0.2) is 0 Å². The van der Waals surface area contributed by atoms with E-state index < -0.39 is 5.82 Å². The summed E-state index contributed by atoms with van der Waals surface area (Å²) < 4.78 is 19.2. The largest absolute Gasteiger partial charge is 0.493 e. The number of ether oxygens (including phenoxy) is 1. The monoisotopic (exact) mass is 344 g/mol. The van der Waals surface area contributed by atoms with Gasteiger partial charge >= 0.3 is 0 Å². The van der Waals surface area contributed by atoms with E-state index in [1.54, 1.807) is 0 Å². The van der Waals surface area contributed by atoms with Crippen LogP contribution in [0, 0.1) is 19.7 Å². The Morgan fingerprint density at radius 3 is 2.52 bits per heavy atom. The number of halogens is 1. The van der Waals surface area contributed by atoms with Crippen LogP contribution in [0.2, 0.25) is 0 Å². The first-order valence-corrected chi connectivity index (χ1v) is 7.92. The van der Waals surface area contributed by atoms with Crippen LogP contribution in [-0.2, 0) is 9.59 Å². The minimum atomic E-state index is -0.564. The molecule has 0 saturated heterocycles. The van der Waals surface area contributed by atoms with Gasteiger partial charge in [0.2, 0.25) is 11.8 Å². The summed E-state index contributed by atoms with van der Waals surface area (Å²) in [5, 5.41) is 5.03. The van der Waals surface area contributed by atoms with Crippen LogP contribution < -0.4 is 15.4 Å². The smallest absolute Gasteiger partial charge is 0.227 e. The zero-order valence-electron chi connectivity index (χ0n) is 14.5. The Bertz CT molecular complexity index is 790. The van der Waals surface area contributed by atoms with Gasteiger partial charge in [-0.1, -0.05) is 17.7 Å². The predicted octanol–water partition coefficient (Wildman–Crippen LogP) is 3.81. The van der Waals surface area contributed by atoms with Gasteiger partial charge in [-0.25, -0.2) is 4.39 Å². The molecule has 0 fully saturated rings. The topological polar surface area (TPSA) is 67.4 Å². The summed E-state index contributed by atoms with van der Waals surface area (Å²) in [5.74, 6) is -0.464. The summed E-state index contributed by atoms with van der Waals surface area (Å²) >= 11 is 0. The fraction of sp³-hybridized carbons (Fsp3) is 0.263. The van der Waals surface area contributed by atoms with Crippen LogP contribution in [0.15, 0.2) is 36.4 Å². The standard InChI is InChI=1S/C19H21FN2O3/c1-12-4-7-18(13(2)10-12)25-9-8-19(24)22-15-5-6-16(20)17(11-15)21-14(3)23/h4-7,10-11H,8-9H2,1-3H3,(H,21,23)(H,22,24). The number of amides is 2. The second-order valence-corrected chi connectivity index (χ2v) is 5.79. The lowest BCUT2D eigenvalue weighted by Gasteiger charge is -2.11. The predicted molar refractivity (Wildman–Crippen MR) is 95.4 cm³/mol. The van der Waals surface area contributed by atoms with E-state index in [4.69, 9.17) is 4.74 Å². The fourth-order valence-electron chi connectivity index (χ4n) is 2.33. The Hall–Kier alpha value is -2.89. The number of carbonyl (C=O) groups is 2. The van der Waals surface area contributed by atoms with Gasteiger partial charge in [0.05, 0.1) is 18.7 Å². The lowest BCUT2D eigenvalue weighted by molar-refractivity contribution is -0.116. The van der Waals surface area contributed by atoms with Crippen LogP contribution in [0.5, 0.6) is 5.75 Å². The summed E-state index contributed by atoms with van der Waals surface area (Å²) in [5.41, 5.74) is 2.59. The van der Waals surface area contributed by atoms with Gasteiger partial charge in [0.25, 0.3) is 0 Å². The number of rotatable bonds is 6. The normalized spacial score (nSPS) is 10.2. The van der Waals surface area contributed by atoms with Gasteiger partial charge < -0.3 is 15.4 Å². The first-order valence-electron chi connectivity index (χ1n) is 7.92. The van der Waals surface area contributed by atoms with Crippen molar-refractivity contribution in [2.75, 3.05) is 17.2 Å². The molecule has 0 aliphatic rings. The molecule has 2 aromatic rings. The molecule has 2 amide bonds. The van der Waals surface area contributed by atoms with Crippen LogP contribution >= 0.6 is 0 Å².